The fourth-order valence-corrected chi connectivity index (χ4v) is 3.85. The Morgan fingerprint density at radius 1 is 1.27 bits per heavy atom. The zero-order valence-corrected chi connectivity index (χ0v) is 14.4. The maximum atomic E-state index is 12.0. The fourth-order valence-electron chi connectivity index (χ4n) is 3.85. The standard InChI is InChI=1S/C17H33N3O2/c1-12(2)13-6-8-14(9-7-13)22-11-16-15(18)5-4-10-20(16)17(21)19-3/h12-16H,4-11,18H2,1-3H3,(H,19,21)/t13-,14+,15-,16-/m0/s1. The van der Waals surface area contributed by atoms with Crippen molar-refractivity contribution in [1.29, 1.82) is 0 Å². The van der Waals surface area contributed by atoms with Crippen molar-refractivity contribution >= 4 is 6.03 Å². The molecule has 2 amide bonds. The van der Waals surface area contributed by atoms with Gasteiger partial charge in [0, 0.05) is 19.6 Å². The Balaban J connectivity index is 1.82. The summed E-state index contributed by atoms with van der Waals surface area (Å²) >= 11 is 0. The van der Waals surface area contributed by atoms with Crippen molar-refractivity contribution in [2.24, 2.45) is 17.6 Å². The van der Waals surface area contributed by atoms with Gasteiger partial charge in [-0.3, -0.25) is 0 Å². The molecule has 1 aliphatic carbocycles. The molecule has 5 nitrogen and oxygen atoms in total. The van der Waals surface area contributed by atoms with Crippen LogP contribution in [-0.4, -0.2) is 49.3 Å². The number of likely N-dealkylation sites (tertiary alicyclic amines) is 1. The Bertz CT molecular complexity index is 354. The van der Waals surface area contributed by atoms with E-state index in [2.05, 4.69) is 19.2 Å². The number of nitrogens with zero attached hydrogens (tertiary/aromatic N) is 1. The molecule has 2 fully saturated rings. The summed E-state index contributed by atoms with van der Waals surface area (Å²) in [6, 6.07) is 0.00170. The predicted molar refractivity (Wildman–Crippen MR) is 88.7 cm³/mol. The van der Waals surface area contributed by atoms with E-state index in [1.54, 1.807) is 7.05 Å². The first-order valence-corrected chi connectivity index (χ1v) is 8.88. The Morgan fingerprint density at radius 3 is 2.55 bits per heavy atom. The number of urea groups is 1. The van der Waals surface area contributed by atoms with E-state index in [1.807, 2.05) is 4.90 Å². The number of carbonyl (C=O) groups is 1. The van der Waals surface area contributed by atoms with E-state index in [1.165, 1.54) is 12.8 Å². The second-order valence-electron chi connectivity index (χ2n) is 7.24. The largest absolute Gasteiger partial charge is 0.376 e. The molecule has 2 rings (SSSR count). The molecule has 1 aliphatic heterocycles. The minimum atomic E-state index is -0.0349. The summed E-state index contributed by atoms with van der Waals surface area (Å²) in [5, 5.41) is 2.72. The molecule has 1 saturated carbocycles. The van der Waals surface area contributed by atoms with E-state index in [0.717, 1.165) is 44.1 Å². The van der Waals surface area contributed by atoms with Crippen molar-refractivity contribution in [3.8, 4) is 0 Å². The minimum Gasteiger partial charge on any atom is -0.376 e. The first-order valence-electron chi connectivity index (χ1n) is 8.88. The van der Waals surface area contributed by atoms with Gasteiger partial charge in [0.1, 0.15) is 0 Å². The van der Waals surface area contributed by atoms with Crippen LogP contribution in [0.1, 0.15) is 52.4 Å². The number of hydrogen-bond donors (Lipinski definition) is 2. The number of rotatable bonds is 4. The van der Waals surface area contributed by atoms with E-state index >= 15 is 0 Å². The van der Waals surface area contributed by atoms with Crippen molar-refractivity contribution in [2.45, 2.75) is 70.6 Å². The van der Waals surface area contributed by atoms with E-state index in [4.69, 9.17) is 10.5 Å². The number of amides is 2. The van der Waals surface area contributed by atoms with Gasteiger partial charge >= 0.3 is 6.03 Å². The predicted octanol–water partition coefficient (Wildman–Crippen LogP) is 2.35. The monoisotopic (exact) mass is 311 g/mol. The molecule has 128 valence electrons. The summed E-state index contributed by atoms with van der Waals surface area (Å²) in [5.74, 6) is 1.62. The molecule has 22 heavy (non-hydrogen) atoms. The summed E-state index contributed by atoms with van der Waals surface area (Å²) in [6.45, 7) is 5.98. The highest BCUT2D eigenvalue weighted by Gasteiger charge is 2.33. The van der Waals surface area contributed by atoms with E-state index in [9.17, 15) is 4.79 Å². The minimum absolute atomic E-state index is 0.0107. The number of nitrogens with two attached hydrogens (primary N) is 1. The molecule has 1 heterocycles. The van der Waals surface area contributed by atoms with Gasteiger partial charge < -0.3 is 20.7 Å². The molecule has 0 radical (unpaired) electrons. The molecule has 5 heteroatoms. The van der Waals surface area contributed by atoms with Crippen LogP contribution < -0.4 is 11.1 Å². The van der Waals surface area contributed by atoms with E-state index < -0.39 is 0 Å². The molecule has 0 bridgehead atoms. The van der Waals surface area contributed by atoms with Crippen LogP contribution in [0.5, 0.6) is 0 Å². The van der Waals surface area contributed by atoms with Crippen molar-refractivity contribution < 1.29 is 9.53 Å². The number of carbonyl (C=O) groups excluding carboxylic acids is 1. The van der Waals surface area contributed by atoms with Crippen LogP contribution in [0.3, 0.4) is 0 Å². The molecule has 2 atom stereocenters. The number of piperidine rings is 1. The highest BCUT2D eigenvalue weighted by molar-refractivity contribution is 5.74. The van der Waals surface area contributed by atoms with Gasteiger partial charge in [0.05, 0.1) is 18.8 Å². The summed E-state index contributed by atoms with van der Waals surface area (Å²) in [5.41, 5.74) is 6.24. The van der Waals surface area contributed by atoms with Crippen LogP contribution in [0.2, 0.25) is 0 Å². The van der Waals surface area contributed by atoms with E-state index in [-0.39, 0.29) is 18.1 Å². The van der Waals surface area contributed by atoms with Crippen LogP contribution in [0.15, 0.2) is 0 Å². The zero-order valence-electron chi connectivity index (χ0n) is 14.4. The van der Waals surface area contributed by atoms with Crippen LogP contribution in [-0.2, 0) is 4.74 Å². The van der Waals surface area contributed by atoms with Crippen molar-refractivity contribution in [1.82, 2.24) is 10.2 Å². The third-order valence-electron chi connectivity index (χ3n) is 5.47. The van der Waals surface area contributed by atoms with Crippen molar-refractivity contribution in [2.75, 3.05) is 20.2 Å². The van der Waals surface area contributed by atoms with Gasteiger partial charge in [-0.25, -0.2) is 4.79 Å². The van der Waals surface area contributed by atoms with Gasteiger partial charge in [0.2, 0.25) is 0 Å². The highest BCUT2D eigenvalue weighted by atomic mass is 16.5. The lowest BCUT2D eigenvalue weighted by atomic mass is 9.80. The average molecular weight is 311 g/mol. The Kier molecular flexibility index (Phi) is 6.50. The molecular weight excluding hydrogens is 278 g/mol. The number of hydrogen-bond acceptors (Lipinski definition) is 3. The van der Waals surface area contributed by atoms with Gasteiger partial charge in [-0.05, 0) is 50.4 Å². The summed E-state index contributed by atoms with van der Waals surface area (Å²) < 4.78 is 6.14. The van der Waals surface area contributed by atoms with Gasteiger partial charge in [0.25, 0.3) is 0 Å². The van der Waals surface area contributed by atoms with Gasteiger partial charge in [-0.1, -0.05) is 13.8 Å². The molecule has 0 unspecified atom stereocenters. The first-order chi connectivity index (χ1) is 10.5. The van der Waals surface area contributed by atoms with Crippen molar-refractivity contribution in [3.05, 3.63) is 0 Å². The fraction of sp³-hybridized carbons (Fsp3) is 0.941. The zero-order chi connectivity index (χ0) is 16.1. The summed E-state index contributed by atoms with van der Waals surface area (Å²) in [6.07, 6.45) is 7.11. The second-order valence-corrected chi connectivity index (χ2v) is 7.24. The quantitative estimate of drug-likeness (QED) is 0.837. The van der Waals surface area contributed by atoms with Gasteiger partial charge in [-0.15, -0.1) is 0 Å². The Morgan fingerprint density at radius 2 is 1.95 bits per heavy atom. The third-order valence-corrected chi connectivity index (χ3v) is 5.47. The topological polar surface area (TPSA) is 67.6 Å². The SMILES string of the molecule is CNC(=O)N1CCC[C@H](N)[C@@H]1CO[C@H]1CC[C@@H](C(C)C)CC1. The summed E-state index contributed by atoms with van der Waals surface area (Å²) in [7, 11) is 1.67. The molecule has 2 aliphatic rings. The lowest BCUT2D eigenvalue weighted by molar-refractivity contribution is -0.0226. The Hall–Kier alpha value is -0.810. The Labute approximate surface area is 134 Å². The van der Waals surface area contributed by atoms with E-state index in [0.29, 0.717) is 12.7 Å². The first kappa shape index (κ1) is 17.5. The number of ether oxygens (including phenoxy) is 1. The molecule has 0 aromatic rings. The average Bonchev–Trinajstić information content (AvgIpc) is 2.53. The molecule has 3 N–H and O–H groups in total. The lowest BCUT2D eigenvalue weighted by Crippen LogP contribution is -2.58. The van der Waals surface area contributed by atoms with Gasteiger partial charge in [0.15, 0.2) is 0 Å². The summed E-state index contributed by atoms with van der Waals surface area (Å²) in [4.78, 5) is 13.9. The normalized spacial score (nSPS) is 33.0. The maximum Gasteiger partial charge on any atom is 0.317 e. The molecule has 0 aromatic carbocycles. The van der Waals surface area contributed by atoms with Crippen molar-refractivity contribution in [3.63, 3.8) is 0 Å². The highest BCUT2D eigenvalue weighted by Crippen LogP contribution is 2.31. The maximum absolute atomic E-state index is 12.0. The smallest absolute Gasteiger partial charge is 0.317 e. The van der Waals surface area contributed by atoms with Crippen LogP contribution in [0.25, 0.3) is 0 Å². The van der Waals surface area contributed by atoms with Gasteiger partial charge in [-0.2, -0.15) is 0 Å². The molecule has 0 aromatic heterocycles. The molecule has 1 saturated heterocycles. The van der Waals surface area contributed by atoms with Crippen LogP contribution in [0.4, 0.5) is 4.79 Å². The number of nitrogens with one attached hydrogen (secondary N) is 1. The lowest BCUT2D eigenvalue weighted by Gasteiger charge is -2.40. The second kappa shape index (κ2) is 8.16. The molecule has 0 spiro atoms. The third kappa shape index (κ3) is 4.35. The molecular formula is C17H33N3O2. The van der Waals surface area contributed by atoms with Crippen LogP contribution in [0, 0.1) is 11.8 Å². The van der Waals surface area contributed by atoms with Crippen LogP contribution >= 0.6 is 0 Å².